The molecule has 0 aliphatic heterocycles. The van der Waals surface area contributed by atoms with Gasteiger partial charge in [-0.05, 0) is 24.1 Å². The van der Waals surface area contributed by atoms with Crippen LogP contribution < -0.4 is 10.1 Å². The van der Waals surface area contributed by atoms with E-state index in [1.807, 2.05) is 37.4 Å². The molecule has 0 radical (unpaired) electrons. The second-order valence-electron chi connectivity index (χ2n) is 6.20. The minimum atomic E-state index is -0.0440. The topological polar surface area (TPSA) is 69.0 Å². The number of halogens is 2. The molecule has 2 aromatic carbocycles. The number of amides is 1. The largest absolute Gasteiger partial charge is 0.484 e. The summed E-state index contributed by atoms with van der Waals surface area (Å²) in [5.41, 5.74) is 1.19. The molecule has 0 atom stereocenters. The van der Waals surface area contributed by atoms with Crippen LogP contribution in [0.4, 0.5) is 0 Å². The van der Waals surface area contributed by atoms with E-state index in [9.17, 15) is 4.79 Å². The van der Waals surface area contributed by atoms with Gasteiger partial charge >= 0.3 is 0 Å². The van der Waals surface area contributed by atoms with E-state index < -0.39 is 0 Å². The van der Waals surface area contributed by atoms with E-state index in [0.717, 1.165) is 6.42 Å². The standard InChI is InChI=1S/C20H20Cl2N4O2S/c1-26-18(12-28-17-11-15(21)7-8-16(17)22)24-25-20(26)29-13-19(27)23-10-9-14-5-3-2-4-6-14/h2-8,11H,9-10,12-13H2,1H3,(H,23,27). The van der Waals surface area contributed by atoms with Gasteiger partial charge in [-0.2, -0.15) is 0 Å². The van der Waals surface area contributed by atoms with Crippen molar-refractivity contribution in [2.24, 2.45) is 7.05 Å². The molecule has 3 rings (SSSR count). The lowest BCUT2D eigenvalue weighted by Gasteiger charge is -2.08. The van der Waals surface area contributed by atoms with Crippen LogP contribution in [0.5, 0.6) is 5.75 Å². The Morgan fingerprint density at radius 1 is 1.17 bits per heavy atom. The Kier molecular flexibility index (Phi) is 7.80. The van der Waals surface area contributed by atoms with Crippen molar-refractivity contribution in [2.45, 2.75) is 18.2 Å². The van der Waals surface area contributed by atoms with Crippen molar-refractivity contribution < 1.29 is 9.53 Å². The minimum Gasteiger partial charge on any atom is -0.484 e. The van der Waals surface area contributed by atoms with E-state index in [4.69, 9.17) is 27.9 Å². The molecule has 0 unspecified atom stereocenters. The quantitative estimate of drug-likeness (QED) is 0.495. The highest BCUT2D eigenvalue weighted by Crippen LogP contribution is 2.28. The maximum absolute atomic E-state index is 12.1. The summed E-state index contributed by atoms with van der Waals surface area (Å²) in [4.78, 5) is 12.1. The summed E-state index contributed by atoms with van der Waals surface area (Å²) in [6.45, 7) is 0.787. The summed E-state index contributed by atoms with van der Waals surface area (Å²) < 4.78 is 7.48. The number of nitrogens with zero attached hydrogens (tertiary/aromatic N) is 3. The Bertz CT molecular complexity index is 966. The van der Waals surface area contributed by atoms with Crippen LogP contribution in [0.3, 0.4) is 0 Å². The zero-order chi connectivity index (χ0) is 20.6. The highest BCUT2D eigenvalue weighted by molar-refractivity contribution is 7.99. The van der Waals surface area contributed by atoms with Crippen molar-refractivity contribution in [3.05, 3.63) is 70.0 Å². The first-order valence-electron chi connectivity index (χ1n) is 8.92. The van der Waals surface area contributed by atoms with E-state index in [2.05, 4.69) is 15.5 Å². The first-order valence-corrected chi connectivity index (χ1v) is 10.7. The first-order chi connectivity index (χ1) is 14.0. The van der Waals surface area contributed by atoms with Gasteiger partial charge in [-0.3, -0.25) is 4.79 Å². The van der Waals surface area contributed by atoms with Crippen LogP contribution in [0, 0.1) is 0 Å². The van der Waals surface area contributed by atoms with E-state index >= 15 is 0 Å². The van der Waals surface area contributed by atoms with Crippen LogP contribution in [0.2, 0.25) is 10.0 Å². The third-order valence-corrected chi connectivity index (χ3v) is 5.65. The second-order valence-corrected chi connectivity index (χ2v) is 7.98. The average molecular weight is 451 g/mol. The molecule has 1 amide bonds. The normalized spacial score (nSPS) is 10.7. The van der Waals surface area contributed by atoms with Crippen LogP contribution in [0.25, 0.3) is 0 Å². The fourth-order valence-corrected chi connectivity index (χ4v) is 3.59. The molecule has 0 fully saturated rings. The van der Waals surface area contributed by atoms with E-state index in [1.54, 1.807) is 22.8 Å². The van der Waals surface area contributed by atoms with Gasteiger partial charge in [0.15, 0.2) is 11.0 Å². The first kappa shape index (κ1) is 21.5. The number of hydrogen-bond acceptors (Lipinski definition) is 5. The number of nitrogens with one attached hydrogen (secondary N) is 1. The van der Waals surface area contributed by atoms with E-state index in [1.165, 1.54) is 17.3 Å². The Morgan fingerprint density at radius 3 is 2.76 bits per heavy atom. The number of thioether (sulfide) groups is 1. The molecule has 0 bridgehead atoms. The zero-order valence-corrected chi connectivity index (χ0v) is 18.1. The number of carbonyl (C=O) groups is 1. The Labute approximate surface area is 183 Å². The number of hydrogen-bond donors (Lipinski definition) is 1. The van der Waals surface area contributed by atoms with Crippen molar-refractivity contribution >= 4 is 40.9 Å². The van der Waals surface area contributed by atoms with Crippen molar-refractivity contribution in [2.75, 3.05) is 12.3 Å². The van der Waals surface area contributed by atoms with Gasteiger partial charge in [0, 0.05) is 24.7 Å². The summed E-state index contributed by atoms with van der Waals surface area (Å²) in [5.74, 6) is 1.32. The van der Waals surface area contributed by atoms with Crippen molar-refractivity contribution in [1.29, 1.82) is 0 Å². The van der Waals surface area contributed by atoms with Gasteiger partial charge in [0.25, 0.3) is 0 Å². The summed E-state index contributed by atoms with van der Waals surface area (Å²) in [6, 6.07) is 15.1. The molecule has 29 heavy (non-hydrogen) atoms. The van der Waals surface area contributed by atoms with Crippen LogP contribution in [0.15, 0.2) is 53.7 Å². The van der Waals surface area contributed by atoms with Gasteiger partial charge in [0.1, 0.15) is 12.4 Å². The van der Waals surface area contributed by atoms with Gasteiger partial charge in [0.05, 0.1) is 10.8 Å². The molecule has 3 aromatic rings. The maximum atomic E-state index is 12.1. The highest BCUT2D eigenvalue weighted by Gasteiger charge is 2.13. The third-order valence-electron chi connectivity index (χ3n) is 4.09. The van der Waals surface area contributed by atoms with Crippen molar-refractivity contribution in [1.82, 2.24) is 20.1 Å². The molecule has 0 spiro atoms. The lowest BCUT2D eigenvalue weighted by molar-refractivity contribution is -0.118. The Balaban J connectivity index is 1.45. The van der Waals surface area contributed by atoms with Gasteiger partial charge in [0.2, 0.25) is 5.91 Å². The third kappa shape index (κ3) is 6.39. The van der Waals surface area contributed by atoms with Crippen molar-refractivity contribution in [3.8, 4) is 5.75 Å². The van der Waals surface area contributed by atoms with Crippen LogP contribution in [0.1, 0.15) is 11.4 Å². The smallest absolute Gasteiger partial charge is 0.230 e. The molecule has 0 aliphatic carbocycles. The molecule has 1 aromatic heterocycles. The molecular weight excluding hydrogens is 431 g/mol. The predicted molar refractivity (Wildman–Crippen MR) is 116 cm³/mol. The summed E-state index contributed by atoms with van der Waals surface area (Å²) in [7, 11) is 1.83. The fourth-order valence-electron chi connectivity index (χ4n) is 2.50. The SMILES string of the molecule is Cn1c(COc2cc(Cl)ccc2Cl)nnc1SCC(=O)NCCc1ccccc1. The van der Waals surface area contributed by atoms with E-state index in [-0.39, 0.29) is 18.3 Å². The summed E-state index contributed by atoms with van der Waals surface area (Å²) in [6.07, 6.45) is 0.800. The summed E-state index contributed by atoms with van der Waals surface area (Å²) in [5, 5.41) is 12.8. The van der Waals surface area contributed by atoms with Crippen LogP contribution >= 0.6 is 35.0 Å². The zero-order valence-electron chi connectivity index (χ0n) is 15.8. The number of benzene rings is 2. The van der Waals surface area contributed by atoms with Crippen LogP contribution in [-0.4, -0.2) is 33.0 Å². The number of rotatable bonds is 9. The molecule has 6 nitrogen and oxygen atoms in total. The highest BCUT2D eigenvalue weighted by atomic mass is 35.5. The fraction of sp³-hybridized carbons (Fsp3) is 0.250. The van der Waals surface area contributed by atoms with E-state index in [0.29, 0.717) is 33.3 Å². The minimum absolute atomic E-state index is 0.0440. The summed E-state index contributed by atoms with van der Waals surface area (Å²) >= 11 is 13.4. The Hall–Kier alpha value is -2.22. The monoisotopic (exact) mass is 450 g/mol. The molecule has 0 saturated heterocycles. The number of carbonyl (C=O) groups excluding carboxylic acids is 1. The molecule has 9 heteroatoms. The number of aromatic nitrogens is 3. The molecule has 0 saturated carbocycles. The molecule has 1 heterocycles. The van der Waals surface area contributed by atoms with Gasteiger partial charge in [-0.1, -0.05) is 65.3 Å². The Morgan fingerprint density at radius 2 is 1.97 bits per heavy atom. The molecule has 152 valence electrons. The van der Waals surface area contributed by atoms with Crippen molar-refractivity contribution in [3.63, 3.8) is 0 Å². The lowest BCUT2D eigenvalue weighted by Crippen LogP contribution is -2.27. The average Bonchev–Trinajstić information content (AvgIpc) is 3.07. The number of ether oxygens (including phenoxy) is 1. The van der Waals surface area contributed by atoms with Gasteiger partial charge in [-0.25, -0.2) is 0 Å². The second kappa shape index (κ2) is 10.5. The molecule has 0 aliphatic rings. The van der Waals surface area contributed by atoms with Gasteiger partial charge in [-0.15, -0.1) is 10.2 Å². The van der Waals surface area contributed by atoms with Crippen LogP contribution in [-0.2, 0) is 24.9 Å². The molecule has 1 N–H and O–H groups in total. The van der Waals surface area contributed by atoms with Gasteiger partial charge < -0.3 is 14.6 Å². The predicted octanol–water partition coefficient (Wildman–Crippen LogP) is 4.15. The molecular formula is C20H20Cl2N4O2S. The maximum Gasteiger partial charge on any atom is 0.230 e. The lowest BCUT2D eigenvalue weighted by atomic mass is 10.1.